The molecule has 0 aromatic heterocycles. The Balaban J connectivity index is 1.76. The van der Waals surface area contributed by atoms with Crippen molar-refractivity contribution in [3.8, 4) is 5.75 Å². The molecule has 150 valence electrons. The van der Waals surface area contributed by atoms with Gasteiger partial charge in [-0.15, -0.1) is 0 Å². The molecule has 2 amide bonds. The summed E-state index contributed by atoms with van der Waals surface area (Å²) >= 11 is 0.797. The minimum atomic E-state index is -0.613. The Hall–Kier alpha value is -3.06. The summed E-state index contributed by atoms with van der Waals surface area (Å²) in [7, 11) is 0. The van der Waals surface area contributed by atoms with Crippen LogP contribution in [0.4, 0.5) is 4.79 Å². The van der Waals surface area contributed by atoms with Crippen molar-refractivity contribution >= 4 is 35.0 Å². The van der Waals surface area contributed by atoms with Crippen LogP contribution >= 0.6 is 11.8 Å². The van der Waals surface area contributed by atoms with Crippen molar-refractivity contribution in [3.63, 3.8) is 0 Å². The van der Waals surface area contributed by atoms with E-state index < -0.39 is 17.1 Å². The number of amides is 2. The Labute approximate surface area is 173 Å². The predicted octanol–water partition coefficient (Wildman–Crippen LogP) is 4.17. The zero-order chi connectivity index (χ0) is 20.8. The van der Waals surface area contributed by atoms with Crippen LogP contribution in [-0.2, 0) is 20.9 Å². The van der Waals surface area contributed by atoms with Crippen LogP contribution in [0.2, 0.25) is 0 Å². The maximum Gasteiger partial charge on any atom is 0.326 e. The second-order valence-corrected chi connectivity index (χ2v) is 7.38. The fraction of sp³-hybridized carbons (Fsp3) is 0.227. The third kappa shape index (κ3) is 5.26. The number of nitrogens with zero attached hydrogens (tertiary/aromatic N) is 1. The second-order valence-electron chi connectivity index (χ2n) is 6.39. The van der Waals surface area contributed by atoms with Gasteiger partial charge in [0.2, 0.25) is 0 Å². The van der Waals surface area contributed by atoms with Gasteiger partial charge in [0.25, 0.3) is 11.1 Å². The number of carbonyl (C=O) groups is 3. The van der Waals surface area contributed by atoms with Crippen LogP contribution in [0.5, 0.6) is 5.75 Å². The summed E-state index contributed by atoms with van der Waals surface area (Å²) in [5.41, 5.74) is 2.87. The number of para-hydroxylation sites is 1. The molecule has 1 heterocycles. The van der Waals surface area contributed by atoms with E-state index in [2.05, 4.69) is 0 Å². The number of rotatable bonds is 7. The SMILES string of the molecule is CCOC(=O)CN1C(=O)S/C(=C\c2ccccc2OCc2cccc(C)c2)C1=O. The van der Waals surface area contributed by atoms with Crippen LogP contribution in [0.3, 0.4) is 0 Å². The number of hydrogen-bond acceptors (Lipinski definition) is 6. The standard InChI is InChI=1S/C22H21NO5S/c1-3-27-20(24)13-23-21(25)19(29-22(23)26)12-17-9-4-5-10-18(17)28-14-16-8-6-7-15(2)11-16/h4-12H,3,13-14H2,1-2H3/b19-12-. The normalized spacial score (nSPS) is 15.1. The molecule has 0 saturated carbocycles. The van der Waals surface area contributed by atoms with Crippen LogP contribution < -0.4 is 4.74 Å². The summed E-state index contributed by atoms with van der Waals surface area (Å²) < 4.78 is 10.8. The number of benzene rings is 2. The average molecular weight is 411 g/mol. The molecular weight excluding hydrogens is 390 g/mol. The Morgan fingerprint density at radius 2 is 1.93 bits per heavy atom. The van der Waals surface area contributed by atoms with Gasteiger partial charge in [0.1, 0.15) is 18.9 Å². The number of aryl methyl sites for hydroxylation is 1. The zero-order valence-electron chi connectivity index (χ0n) is 16.2. The van der Waals surface area contributed by atoms with Crippen molar-refractivity contribution in [2.75, 3.05) is 13.2 Å². The maximum atomic E-state index is 12.6. The lowest BCUT2D eigenvalue weighted by molar-refractivity contribution is -0.145. The summed E-state index contributed by atoms with van der Waals surface area (Å²) in [6, 6.07) is 15.3. The Bertz CT molecular complexity index is 969. The van der Waals surface area contributed by atoms with E-state index >= 15 is 0 Å². The predicted molar refractivity (Wildman–Crippen MR) is 111 cm³/mol. The first kappa shape index (κ1) is 20.7. The Morgan fingerprint density at radius 3 is 2.69 bits per heavy atom. The molecule has 0 spiro atoms. The van der Waals surface area contributed by atoms with Gasteiger partial charge in [-0.25, -0.2) is 0 Å². The van der Waals surface area contributed by atoms with Gasteiger partial charge in [-0.3, -0.25) is 19.3 Å². The van der Waals surface area contributed by atoms with Crippen molar-refractivity contribution in [1.82, 2.24) is 4.90 Å². The summed E-state index contributed by atoms with van der Waals surface area (Å²) in [4.78, 5) is 37.5. The molecule has 0 radical (unpaired) electrons. The van der Waals surface area contributed by atoms with Gasteiger partial charge in [0, 0.05) is 5.56 Å². The molecule has 0 bridgehead atoms. The number of ether oxygens (including phenoxy) is 2. The van der Waals surface area contributed by atoms with Crippen molar-refractivity contribution in [2.24, 2.45) is 0 Å². The van der Waals surface area contributed by atoms with Crippen LogP contribution in [0, 0.1) is 6.92 Å². The first-order valence-corrected chi connectivity index (χ1v) is 9.98. The molecule has 1 fully saturated rings. The summed E-state index contributed by atoms with van der Waals surface area (Å²) in [5, 5.41) is -0.493. The molecule has 0 atom stereocenters. The monoisotopic (exact) mass is 411 g/mol. The molecule has 0 aliphatic carbocycles. The number of imide groups is 1. The summed E-state index contributed by atoms with van der Waals surface area (Å²) in [6.45, 7) is 3.87. The van der Waals surface area contributed by atoms with E-state index in [1.807, 2.05) is 55.5 Å². The van der Waals surface area contributed by atoms with Crippen LogP contribution in [0.15, 0.2) is 53.4 Å². The minimum Gasteiger partial charge on any atom is -0.488 e. The highest BCUT2D eigenvalue weighted by atomic mass is 32.2. The smallest absolute Gasteiger partial charge is 0.326 e. The molecule has 0 unspecified atom stereocenters. The van der Waals surface area contributed by atoms with Crippen molar-refractivity contribution in [2.45, 2.75) is 20.5 Å². The third-order valence-corrected chi connectivity index (χ3v) is 5.06. The zero-order valence-corrected chi connectivity index (χ0v) is 17.0. The van der Waals surface area contributed by atoms with Crippen molar-refractivity contribution in [3.05, 3.63) is 70.1 Å². The van der Waals surface area contributed by atoms with Crippen LogP contribution in [0.1, 0.15) is 23.6 Å². The van der Waals surface area contributed by atoms with Gasteiger partial charge in [-0.1, -0.05) is 48.0 Å². The molecule has 6 nitrogen and oxygen atoms in total. The quantitative estimate of drug-likeness (QED) is 0.503. The number of thioether (sulfide) groups is 1. The molecule has 0 N–H and O–H groups in total. The average Bonchev–Trinajstić information content (AvgIpc) is 2.95. The molecule has 2 aromatic rings. The van der Waals surface area contributed by atoms with E-state index in [1.54, 1.807) is 13.0 Å². The van der Waals surface area contributed by atoms with E-state index in [1.165, 1.54) is 0 Å². The van der Waals surface area contributed by atoms with Crippen LogP contribution in [-0.4, -0.2) is 35.2 Å². The molecule has 1 saturated heterocycles. The van der Waals surface area contributed by atoms with E-state index in [0.29, 0.717) is 17.9 Å². The largest absolute Gasteiger partial charge is 0.488 e. The number of hydrogen-bond donors (Lipinski definition) is 0. The highest BCUT2D eigenvalue weighted by Crippen LogP contribution is 2.34. The van der Waals surface area contributed by atoms with Gasteiger partial charge in [-0.05, 0) is 43.3 Å². The topological polar surface area (TPSA) is 72.9 Å². The fourth-order valence-corrected chi connectivity index (χ4v) is 3.64. The van der Waals surface area contributed by atoms with Gasteiger partial charge in [-0.2, -0.15) is 0 Å². The molecule has 1 aliphatic heterocycles. The fourth-order valence-electron chi connectivity index (χ4n) is 2.81. The third-order valence-electron chi connectivity index (χ3n) is 4.15. The maximum absolute atomic E-state index is 12.6. The molecule has 3 rings (SSSR count). The van der Waals surface area contributed by atoms with E-state index in [-0.39, 0.29) is 18.1 Å². The lowest BCUT2D eigenvalue weighted by Gasteiger charge is -2.11. The highest BCUT2D eigenvalue weighted by Gasteiger charge is 2.36. The first-order valence-electron chi connectivity index (χ1n) is 9.16. The number of esters is 1. The van der Waals surface area contributed by atoms with Gasteiger partial charge in [0.05, 0.1) is 11.5 Å². The van der Waals surface area contributed by atoms with E-state index in [9.17, 15) is 14.4 Å². The molecule has 7 heteroatoms. The minimum absolute atomic E-state index is 0.191. The molecular formula is C22H21NO5S. The first-order chi connectivity index (χ1) is 14.0. The van der Waals surface area contributed by atoms with Crippen LogP contribution in [0.25, 0.3) is 6.08 Å². The van der Waals surface area contributed by atoms with Crippen molar-refractivity contribution in [1.29, 1.82) is 0 Å². The second kappa shape index (κ2) is 9.43. The Morgan fingerprint density at radius 1 is 1.14 bits per heavy atom. The molecule has 29 heavy (non-hydrogen) atoms. The van der Waals surface area contributed by atoms with Gasteiger partial charge >= 0.3 is 5.97 Å². The number of carbonyl (C=O) groups excluding carboxylic acids is 3. The molecule has 1 aliphatic rings. The van der Waals surface area contributed by atoms with E-state index in [0.717, 1.165) is 27.8 Å². The lowest BCUT2D eigenvalue weighted by Crippen LogP contribution is -2.34. The summed E-state index contributed by atoms with van der Waals surface area (Å²) in [6.07, 6.45) is 1.61. The Kier molecular flexibility index (Phi) is 6.72. The highest BCUT2D eigenvalue weighted by molar-refractivity contribution is 8.18. The summed E-state index contributed by atoms with van der Waals surface area (Å²) in [5.74, 6) is -0.523. The molecule has 2 aromatic carbocycles. The van der Waals surface area contributed by atoms with Gasteiger partial charge in [0.15, 0.2) is 0 Å². The van der Waals surface area contributed by atoms with Crippen molar-refractivity contribution < 1.29 is 23.9 Å². The van der Waals surface area contributed by atoms with Gasteiger partial charge < -0.3 is 9.47 Å². The van der Waals surface area contributed by atoms with E-state index in [4.69, 9.17) is 9.47 Å². The lowest BCUT2D eigenvalue weighted by atomic mass is 10.1.